The van der Waals surface area contributed by atoms with E-state index in [0.29, 0.717) is 0 Å². The van der Waals surface area contributed by atoms with Crippen molar-refractivity contribution in [2.45, 2.75) is 47.1 Å². The Labute approximate surface area is 127 Å². The maximum atomic E-state index is 4.40. The second-order valence-corrected chi connectivity index (χ2v) is 4.93. The minimum Gasteiger partial charge on any atom is -0.257 e. The van der Waals surface area contributed by atoms with Crippen LogP contribution in [0.3, 0.4) is 0 Å². The van der Waals surface area contributed by atoms with Crippen LogP contribution in [0.1, 0.15) is 44.8 Å². The molecule has 0 aromatic carbocycles. The molecule has 0 amide bonds. The summed E-state index contributed by atoms with van der Waals surface area (Å²) in [5, 5.41) is 0. The number of pyridine rings is 1. The number of imidazole rings is 1. The second kappa shape index (κ2) is 8.80. The Balaban J connectivity index is 0.000000956. The van der Waals surface area contributed by atoms with E-state index in [9.17, 15) is 0 Å². The molecule has 110 valence electrons. The Morgan fingerprint density at radius 2 is 1.95 bits per heavy atom. The van der Waals surface area contributed by atoms with Crippen LogP contribution in [0.2, 0.25) is 0 Å². The first-order chi connectivity index (χ1) is 9.80. The van der Waals surface area contributed by atoms with Crippen molar-refractivity contribution in [2.24, 2.45) is 0 Å². The highest BCUT2D eigenvalue weighted by Gasteiger charge is 2.20. The molecule has 0 N–H and O–H groups in total. The van der Waals surface area contributed by atoms with Crippen LogP contribution in [-0.4, -0.2) is 15.2 Å². The molecule has 4 heteroatoms. The molecule has 0 spiro atoms. The zero-order valence-corrected chi connectivity index (χ0v) is 14.1. The van der Waals surface area contributed by atoms with Gasteiger partial charge in [0, 0.05) is 25.3 Å². The largest absolute Gasteiger partial charge is 0.257 e. The highest BCUT2D eigenvalue weighted by atomic mass is 32.2. The van der Waals surface area contributed by atoms with Crippen LogP contribution < -0.4 is 4.57 Å². The molecule has 0 aliphatic rings. The predicted molar refractivity (Wildman–Crippen MR) is 87.0 cm³/mol. The van der Waals surface area contributed by atoms with Crippen LogP contribution in [0.5, 0.6) is 0 Å². The molecule has 0 aliphatic carbocycles. The highest BCUT2D eigenvalue weighted by Crippen LogP contribution is 2.13. The van der Waals surface area contributed by atoms with E-state index in [4.69, 9.17) is 0 Å². The van der Waals surface area contributed by atoms with Gasteiger partial charge in [0.2, 0.25) is 0 Å². The van der Waals surface area contributed by atoms with Crippen LogP contribution in [0, 0.1) is 0 Å². The third-order valence-electron chi connectivity index (χ3n) is 3.12. The van der Waals surface area contributed by atoms with Gasteiger partial charge in [0.15, 0.2) is 5.69 Å². The van der Waals surface area contributed by atoms with Gasteiger partial charge in [0.05, 0.1) is 17.6 Å². The lowest BCUT2D eigenvalue weighted by molar-refractivity contribution is -0.695. The minimum atomic E-state index is 0.852. The molecule has 2 rings (SSSR count). The summed E-state index contributed by atoms with van der Waals surface area (Å²) in [6, 6.07) is 6.08. The summed E-state index contributed by atoms with van der Waals surface area (Å²) < 4.78 is 4.58. The monoisotopic (exact) mass is 292 g/mol. The summed E-state index contributed by atoms with van der Waals surface area (Å²) in [4.78, 5) is 4.40. The van der Waals surface area contributed by atoms with Crippen molar-refractivity contribution in [2.75, 3.05) is 6.26 Å². The summed E-state index contributed by atoms with van der Waals surface area (Å²) in [6.45, 7) is 9.28. The average molecular weight is 292 g/mol. The summed E-state index contributed by atoms with van der Waals surface area (Å²) >= 11 is 1.76. The van der Waals surface area contributed by atoms with Gasteiger partial charge < -0.3 is 0 Å². The molecule has 2 aromatic rings. The van der Waals surface area contributed by atoms with Gasteiger partial charge in [-0.25, -0.2) is 4.57 Å². The fourth-order valence-corrected chi connectivity index (χ4v) is 2.95. The molecule has 0 saturated carbocycles. The zero-order valence-electron chi connectivity index (χ0n) is 13.3. The van der Waals surface area contributed by atoms with Crippen LogP contribution in [-0.2, 0) is 19.4 Å². The van der Waals surface area contributed by atoms with E-state index in [-0.39, 0.29) is 0 Å². The molecule has 2 heterocycles. The maximum Gasteiger partial charge on any atom is 0.256 e. The maximum absolute atomic E-state index is 4.40. The van der Waals surface area contributed by atoms with Crippen LogP contribution >= 0.6 is 11.9 Å². The van der Waals surface area contributed by atoms with E-state index >= 15 is 0 Å². The Morgan fingerprint density at radius 3 is 2.45 bits per heavy atom. The van der Waals surface area contributed by atoms with Crippen molar-refractivity contribution in [3.63, 3.8) is 0 Å². The number of hydrogen-bond acceptors (Lipinski definition) is 2. The molecule has 0 unspecified atom stereocenters. The smallest absolute Gasteiger partial charge is 0.256 e. The lowest BCUT2D eigenvalue weighted by Gasteiger charge is -2.00. The van der Waals surface area contributed by atoms with Crippen molar-refractivity contribution in [1.29, 1.82) is 0 Å². The summed E-state index contributed by atoms with van der Waals surface area (Å²) in [5.74, 6) is 0. The van der Waals surface area contributed by atoms with Crippen LogP contribution in [0.25, 0.3) is 0 Å². The number of aromatic nitrogens is 3. The first kappa shape index (κ1) is 16.8. The molecule has 0 saturated heterocycles. The third-order valence-corrected chi connectivity index (χ3v) is 3.82. The molecule has 0 radical (unpaired) electrons. The Morgan fingerprint density at radius 1 is 1.20 bits per heavy atom. The van der Waals surface area contributed by atoms with Gasteiger partial charge in [0.1, 0.15) is 12.2 Å². The molecule has 2 aromatic heterocycles. The van der Waals surface area contributed by atoms with Gasteiger partial charge in [0.25, 0.3) is 6.33 Å². The number of nitrogens with zero attached hydrogens (tertiary/aromatic N) is 3. The second-order valence-electron chi connectivity index (χ2n) is 4.17. The van der Waals surface area contributed by atoms with Crippen molar-refractivity contribution in [3.8, 4) is 0 Å². The first-order valence-electron chi connectivity index (χ1n) is 7.37. The minimum absolute atomic E-state index is 0.852. The fraction of sp³-hybridized carbons (Fsp3) is 0.500. The molecule has 3 nitrogen and oxygen atoms in total. The van der Waals surface area contributed by atoms with Gasteiger partial charge in [-0.2, -0.15) is 3.97 Å². The fourth-order valence-electron chi connectivity index (χ4n) is 2.29. The van der Waals surface area contributed by atoms with Gasteiger partial charge in [-0.05, 0) is 12.1 Å². The third kappa shape index (κ3) is 3.85. The number of rotatable bonds is 5. The molecular weight excluding hydrogens is 266 g/mol. The normalized spacial score (nSPS) is 10.1. The van der Waals surface area contributed by atoms with E-state index in [1.165, 1.54) is 11.4 Å². The zero-order chi connectivity index (χ0) is 15.0. The quantitative estimate of drug-likeness (QED) is 0.787. The van der Waals surface area contributed by atoms with E-state index < -0.39 is 0 Å². The average Bonchev–Trinajstić information content (AvgIpc) is 2.86. The van der Waals surface area contributed by atoms with E-state index in [1.807, 2.05) is 32.2 Å². The van der Waals surface area contributed by atoms with E-state index in [0.717, 1.165) is 25.1 Å². The van der Waals surface area contributed by atoms with Crippen molar-refractivity contribution in [3.05, 3.63) is 47.8 Å². The Kier molecular flexibility index (Phi) is 7.37. The molecule has 20 heavy (non-hydrogen) atoms. The number of hydrogen-bond donors (Lipinski definition) is 0. The van der Waals surface area contributed by atoms with Gasteiger partial charge in [-0.3, -0.25) is 4.98 Å². The summed E-state index contributed by atoms with van der Waals surface area (Å²) in [6.07, 6.45) is 8.29. The van der Waals surface area contributed by atoms with E-state index in [1.54, 1.807) is 11.9 Å². The van der Waals surface area contributed by atoms with Crippen LogP contribution in [0.4, 0.5) is 0 Å². The lowest BCUT2D eigenvalue weighted by Crippen LogP contribution is -2.37. The predicted octanol–water partition coefficient (Wildman–Crippen LogP) is 3.50. The van der Waals surface area contributed by atoms with Gasteiger partial charge >= 0.3 is 0 Å². The SMILES string of the molecule is CC.CCc1c(CC)[n+](Cc2ccccn2)cn1SC. The lowest BCUT2D eigenvalue weighted by atomic mass is 10.2. The highest BCUT2D eigenvalue weighted by molar-refractivity contribution is 7.97. The molecule has 0 atom stereocenters. The van der Waals surface area contributed by atoms with Gasteiger partial charge in [-0.1, -0.05) is 33.8 Å². The molecule has 0 aliphatic heterocycles. The standard InChI is InChI=1S/C14H20N3S.C2H6/c1-4-13-14(5-2)17(18-3)11-16(13)10-12-8-6-7-9-15-12;1-2/h6-9,11H,4-5,10H2,1-3H3;1-2H3/q+1;. The molecular formula is C16H26N3S+. The van der Waals surface area contributed by atoms with Gasteiger partial charge in [-0.15, -0.1) is 0 Å². The Bertz CT molecular complexity index is 506. The summed E-state index contributed by atoms with van der Waals surface area (Å²) in [7, 11) is 0. The first-order valence-corrected chi connectivity index (χ1v) is 8.55. The van der Waals surface area contributed by atoms with Crippen molar-refractivity contribution >= 4 is 11.9 Å². The van der Waals surface area contributed by atoms with Crippen molar-refractivity contribution < 1.29 is 4.57 Å². The molecule has 0 bridgehead atoms. The summed E-state index contributed by atoms with van der Waals surface area (Å²) in [5.41, 5.74) is 3.94. The van der Waals surface area contributed by atoms with Crippen LogP contribution in [0.15, 0.2) is 30.7 Å². The topological polar surface area (TPSA) is 21.7 Å². The molecule has 0 fully saturated rings. The van der Waals surface area contributed by atoms with E-state index in [2.05, 4.69) is 46.0 Å². The van der Waals surface area contributed by atoms with Crippen molar-refractivity contribution in [1.82, 2.24) is 8.96 Å². The Hall–Kier alpha value is -1.29.